The highest BCUT2D eigenvalue weighted by molar-refractivity contribution is 7.99. The third-order valence-corrected chi connectivity index (χ3v) is 5.45. The summed E-state index contributed by atoms with van der Waals surface area (Å²) >= 11 is 7.61. The maximum Gasteiger partial charge on any atom is 0.228 e. The Labute approximate surface area is 167 Å². The second-order valence-electron chi connectivity index (χ2n) is 6.34. The van der Waals surface area contributed by atoms with Crippen molar-refractivity contribution in [3.8, 4) is 0 Å². The number of hydrogen-bond acceptors (Lipinski definition) is 5. The highest BCUT2D eigenvalue weighted by Gasteiger charge is 2.29. The van der Waals surface area contributed by atoms with Gasteiger partial charge in [-0.05, 0) is 43.0 Å². The Bertz CT molecular complexity index is 797. The van der Waals surface area contributed by atoms with Gasteiger partial charge in [-0.3, -0.25) is 9.59 Å². The molecule has 6 nitrogen and oxygen atoms in total. The number of thioether (sulfide) groups is 1. The topological polar surface area (TPSA) is 84.0 Å². The lowest BCUT2D eigenvalue weighted by Crippen LogP contribution is -2.22. The normalized spacial score (nSPS) is 13.2. The average molecular weight is 405 g/mol. The van der Waals surface area contributed by atoms with Gasteiger partial charge in [-0.15, -0.1) is 22.0 Å². The SMILES string of the molecule is O=C(CCCSc1ccc(NC(=O)C2CC2)nn1)NCc1ccccc1Cl. The number of nitrogens with zero attached hydrogens (tertiary/aromatic N) is 2. The Balaban J connectivity index is 1.31. The van der Waals surface area contributed by atoms with Crippen LogP contribution >= 0.6 is 23.4 Å². The molecule has 1 saturated carbocycles. The highest BCUT2D eigenvalue weighted by Crippen LogP contribution is 2.30. The molecule has 142 valence electrons. The number of carbonyl (C=O) groups is 2. The van der Waals surface area contributed by atoms with E-state index < -0.39 is 0 Å². The summed E-state index contributed by atoms with van der Waals surface area (Å²) in [7, 11) is 0. The molecule has 0 aliphatic heterocycles. The minimum Gasteiger partial charge on any atom is -0.352 e. The van der Waals surface area contributed by atoms with Gasteiger partial charge in [0, 0.05) is 29.7 Å². The summed E-state index contributed by atoms with van der Waals surface area (Å²) in [6.45, 7) is 0.436. The number of anilines is 1. The summed E-state index contributed by atoms with van der Waals surface area (Å²) in [5, 5.41) is 15.2. The van der Waals surface area contributed by atoms with Gasteiger partial charge in [0.05, 0.1) is 0 Å². The Morgan fingerprint density at radius 1 is 1.15 bits per heavy atom. The first kappa shape index (κ1) is 19.6. The largest absolute Gasteiger partial charge is 0.352 e. The minimum atomic E-state index is -0.000241. The molecule has 0 atom stereocenters. The number of halogens is 1. The van der Waals surface area contributed by atoms with E-state index in [1.54, 1.807) is 6.07 Å². The first-order valence-corrected chi connectivity index (χ1v) is 10.3. The van der Waals surface area contributed by atoms with E-state index in [-0.39, 0.29) is 17.7 Å². The van der Waals surface area contributed by atoms with Crippen molar-refractivity contribution in [2.45, 2.75) is 37.3 Å². The van der Waals surface area contributed by atoms with E-state index in [1.165, 1.54) is 11.8 Å². The van der Waals surface area contributed by atoms with E-state index in [4.69, 9.17) is 11.6 Å². The molecule has 2 aromatic rings. The van der Waals surface area contributed by atoms with Crippen molar-refractivity contribution in [3.05, 3.63) is 47.0 Å². The predicted molar refractivity (Wildman–Crippen MR) is 107 cm³/mol. The summed E-state index contributed by atoms with van der Waals surface area (Å²) in [5.41, 5.74) is 0.908. The second kappa shape index (κ2) is 9.71. The minimum absolute atomic E-state index is 0.000241. The van der Waals surface area contributed by atoms with E-state index >= 15 is 0 Å². The molecule has 1 aromatic carbocycles. The molecule has 2 N–H and O–H groups in total. The molecule has 1 aliphatic rings. The summed E-state index contributed by atoms with van der Waals surface area (Å²) < 4.78 is 0. The monoisotopic (exact) mass is 404 g/mol. The molecule has 3 rings (SSSR count). The van der Waals surface area contributed by atoms with E-state index in [2.05, 4.69) is 20.8 Å². The Kier molecular flexibility index (Phi) is 7.06. The number of carbonyl (C=O) groups excluding carboxylic acids is 2. The average Bonchev–Trinajstić information content (AvgIpc) is 3.51. The smallest absolute Gasteiger partial charge is 0.228 e. The van der Waals surface area contributed by atoms with Crippen LogP contribution in [-0.4, -0.2) is 27.8 Å². The maximum atomic E-state index is 11.9. The molecule has 0 saturated heterocycles. The van der Waals surface area contributed by atoms with Gasteiger partial charge < -0.3 is 10.6 Å². The van der Waals surface area contributed by atoms with E-state index in [1.807, 2.05) is 30.3 Å². The fourth-order valence-corrected chi connectivity index (χ4v) is 3.33. The zero-order valence-electron chi connectivity index (χ0n) is 14.8. The van der Waals surface area contributed by atoms with Crippen molar-refractivity contribution >= 4 is 41.0 Å². The van der Waals surface area contributed by atoms with Crippen LogP contribution in [0.2, 0.25) is 5.02 Å². The predicted octanol–water partition coefficient (Wildman–Crippen LogP) is 3.67. The Morgan fingerprint density at radius 3 is 2.67 bits per heavy atom. The van der Waals surface area contributed by atoms with Gasteiger partial charge in [0.2, 0.25) is 11.8 Å². The summed E-state index contributed by atoms with van der Waals surface area (Å²) in [6.07, 6.45) is 3.10. The van der Waals surface area contributed by atoms with Gasteiger partial charge in [-0.2, -0.15) is 0 Å². The summed E-state index contributed by atoms with van der Waals surface area (Å²) in [4.78, 5) is 23.6. The second-order valence-corrected chi connectivity index (χ2v) is 7.86. The Hall–Kier alpha value is -2.12. The van der Waals surface area contributed by atoms with Crippen molar-refractivity contribution in [1.82, 2.24) is 15.5 Å². The fraction of sp³-hybridized carbons (Fsp3) is 0.368. The lowest BCUT2D eigenvalue weighted by atomic mass is 10.2. The molecule has 1 heterocycles. The quantitative estimate of drug-likeness (QED) is 0.492. The van der Waals surface area contributed by atoms with E-state index in [9.17, 15) is 9.59 Å². The molecule has 1 aliphatic carbocycles. The van der Waals surface area contributed by atoms with Crippen molar-refractivity contribution in [1.29, 1.82) is 0 Å². The van der Waals surface area contributed by atoms with Crippen LogP contribution in [-0.2, 0) is 16.1 Å². The van der Waals surface area contributed by atoms with Crippen molar-refractivity contribution < 1.29 is 9.59 Å². The summed E-state index contributed by atoms with van der Waals surface area (Å²) in [5.74, 6) is 1.41. The summed E-state index contributed by atoms with van der Waals surface area (Å²) in [6, 6.07) is 11.1. The molecular weight excluding hydrogens is 384 g/mol. The number of benzene rings is 1. The number of nitrogens with one attached hydrogen (secondary N) is 2. The first-order chi connectivity index (χ1) is 13.1. The van der Waals surface area contributed by atoms with Gasteiger partial charge in [0.15, 0.2) is 5.82 Å². The van der Waals surface area contributed by atoms with Crippen LogP contribution in [0.5, 0.6) is 0 Å². The number of amides is 2. The van der Waals surface area contributed by atoms with Gasteiger partial charge in [-0.25, -0.2) is 0 Å². The lowest BCUT2D eigenvalue weighted by Gasteiger charge is -2.07. The first-order valence-electron chi connectivity index (χ1n) is 8.89. The number of hydrogen-bond donors (Lipinski definition) is 2. The van der Waals surface area contributed by atoms with E-state index in [0.29, 0.717) is 23.8 Å². The fourth-order valence-electron chi connectivity index (χ4n) is 2.37. The van der Waals surface area contributed by atoms with Crippen LogP contribution in [0.4, 0.5) is 5.82 Å². The molecule has 0 radical (unpaired) electrons. The molecule has 1 aromatic heterocycles. The molecule has 2 amide bonds. The number of aromatic nitrogens is 2. The van der Waals surface area contributed by atoms with Crippen molar-refractivity contribution in [3.63, 3.8) is 0 Å². The van der Waals surface area contributed by atoms with Crippen LogP contribution in [0.1, 0.15) is 31.2 Å². The standard InChI is InChI=1S/C19H21ClN4O2S/c20-15-5-2-1-4-14(15)12-21-17(25)6-3-11-27-18-10-9-16(23-24-18)22-19(26)13-7-8-13/h1-2,4-5,9-10,13H,3,6-8,11-12H2,(H,21,25)(H,22,23,26). The molecular formula is C19H21ClN4O2S. The van der Waals surface area contributed by atoms with Crippen molar-refractivity contribution in [2.75, 3.05) is 11.1 Å². The highest BCUT2D eigenvalue weighted by atomic mass is 35.5. The third kappa shape index (κ3) is 6.52. The van der Waals surface area contributed by atoms with Gasteiger partial charge in [0.1, 0.15) is 5.03 Å². The van der Waals surface area contributed by atoms with Crippen LogP contribution < -0.4 is 10.6 Å². The molecule has 0 bridgehead atoms. The van der Waals surface area contributed by atoms with E-state index in [0.717, 1.165) is 35.6 Å². The molecule has 0 unspecified atom stereocenters. The maximum absolute atomic E-state index is 11.9. The molecule has 1 fully saturated rings. The van der Waals surface area contributed by atoms with Crippen LogP contribution in [0.15, 0.2) is 41.4 Å². The molecule has 0 spiro atoms. The third-order valence-electron chi connectivity index (χ3n) is 4.07. The van der Waals surface area contributed by atoms with Crippen LogP contribution in [0, 0.1) is 5.92 Å². The molecule has 27 heavy (non-hydrogen) atoms. The number of rotatable bonds is 9. The van der Waals surface area contributed by atoms with Gasteiger partial charge >= 0.3 is 0 Å². The van der Waals surface area contributed by atoms with Gasteiger partial charge in [0.25, 0.3) is 0 Å². The molecule has 8 heteroatoms. The van der Waals surface area contributed by atoms with Crippen LogP contribution in [0.3, 0.4) is 0 Å². The van der Waals surface area contributed by atoms with Gasteiger partial charge in [-0.1, -0.05) is 29.8 Å². The van der Waals surface area contributed by atoms with Crippen LogP contribution in [0.25, 0.3) is 0 Å². The Morgan fingerprint density at radius 2 is 1.96 bits per heavy atom. The lowest BCUT2D eigenvalue weighted by molar-refractivity contribution is -0.121. The van der Waals surface area contributed by atoms with Crippen molar-refractivity contribution in [2.24, 2.45) is 5.92 Å². The zero-order valence-corrected chi connectivity index (χ0v) is 16.4. The zero-order chi connectivity index (χ0) is 19.1.